The molecule has 3 rings (SSSR count). The molecule has 126 valence electrons. The fourth-order valence-corrected chi connectivity index (χ4v) is 2.87. The summed E-state index contributed by atoms with van der Waals surface area (Å²) in [6, 6.07) is 7.78. The number of carbonyl (C=O) groups is 1. The van der Waals surface area contributed by atoms with Crippen molar-refractivity contribution in [1.82, 2.24) is 15.0 Å². The maximum Gasteiger partial charge on any atom is 0.276 e. The molecule has 2 heterocycles. The third kappa shape index (κ3) is 3.54. The summed E-state index contributed by atoms with van der Waals surface area (Å²) >= 11 is 0. The van der Waals surface area contributed by atoms with E-state index in [0.29, 0.717) is 18.7 Å². The lowest BCUT2D eigenvalue weighted by molar-refractivity contribution is 0.0752. The first-order chi connectivity index (χ1) is 11.7. The second-order valence-corrected chi connectivity index (χ2v) is 5.79. The summed E-state index contributed by atoms with van der Waals surface area (Å²) in [6.07, 6.45) is 2.77. The molecule has 5 nitrogen and oxygen atoms in total. The Morgan fingerprint density at radius 2 is 2.12 bits per heavy atom. The third-order valence-electron chi connectivity index (χ3n) is 4.13. The van der Waals surface area contributed by atoms with Gasteiger partial charge in [-0.3, -0.25) is 9.69 Å². The SMILES string of the molecule is C=CCN1CCCN(C(=O)c2cc(-c3ccccc3F)on2)CC1. The maximum absolute atomic E-state index is 13.8. The molecule has 1 aromatic carbocycles. The van der Waals surface area contributed by atoms with E-state index in [-0.39, 0.29) is 17.4 Å². The lowest BCUT2D eigenvalue weighted by atomic mass is 10.1. The Hall–Kier alpha value is -2.47. The van der Waals surface area contributed by atoms with Crippen LogP contribution in [0.5, 0.6) is 0 Å². The van der Waals surface area contributed by atoms with E-state index in [2.05, 4.69) is 16.6 Å². The van der Waals surface area contributed by atoms with E-state index >= 15 is 0 Å². The van der Waals surface area contributed by atoms with Crippen molar-refractivity contribution in [2.24, 2.45) is 0 Å². The summed E-state index contributed by atoms with van der Waals surface area (Å²) in [5, 5.41) is 3.83. The number of nitrogens with zero attached hydrogens (tertiary/aromatic N) is 3. The van der Waals surface area contributed by atoms with Crippen molar-refractivity contribution in [3.8, 4) is 11.3 Å². The number of halogens is 1. The van der Waals surface area contributed by atoms with Gasteiger partial charge in [-0.15, -0.1) is 6.58 Å². The zero-order valence-electron chi connectivity index (χ0n) is 13.4. The zero-order valence-corrected chi connectivity index (χ0v) is 13.4. The van der Waals surface area contributed by atoms with Crippen molar-refractivity contribution in [2.75, 3.05) is 32.7 Å². The van der Waals surface area contributed by atoms with E-state index < -0.39 is 5.82 Å². The molecule has 0 atom stereocenters. The van der Waals surface area contributed by atoms with Crippen molar-refractivity contribution in [3.63, 3.8) is 0 Å². The Labute approximate surface area is 140 Å². The van der Waals surface area contributed by atoms with Crippen LogP contribution in [0, 0.1) is 5.82 Å². The van der Waals surface area contributed by atoms with Gasteiger partial charge in [0.2, 0.25) is 0 Å². The topological polar surface area (TPSA) is 49.6 Å². The molecule has 0 spiro atoms. The average Bonchev–Trinajstić information content (AvgIpc) is 2.95. The lowest BCUT2D eigenvalue weighted by Crippen LogP contribution is -2.35. The van der Waals surface area contributed by atoms with E-state index in [0.717, 1.165) is 26.1 Å². The van der Waals surface area contributed by atoms with Crippen LogP contribution in [-0.4, -0.2) is 53.6 Å². The Balaban J connectivity index is 1.72. The Morgan fingerprint density at radius 1 is 1.29 bits per heavy atom. The molecular formula is C18H20FN3O2. The molecule has 1 aliphatic rings. The highest BCUT2D eigenvalue weighted by molar-refractivity contribution is 5.93. The Bertz CT molecular complexity index is 729. The van der Waals surface area contributed by atoms with Crippen LogP contribution in [0.15, 0.2) is 47.5 Å². The normalized spacial score (nSPS) is 16.0. The molecule has 1 fully saturated rings. The van der Waals surface area contributed by atoms with Crippen molar-refractivity contribution in [1.29, 1.82) is 0 Å². The fraction of sp³-hybridized carbons (Fsp3) is 0.333. The van der Waals surface area contributed by atoms with Gasteiger partial charge in [0.05, 0.1) is 5.56 Å². The van der Waals surface area contributed by atoms with E-state index in [9.17, 15) is 9.18 Å². The number of aromatic nitrogens is 1. The minimum atomic E-state index is -0.400. The highest BCUT2D eigenvalue weighted by Crippen LogP contribution is 2.23. The van der Waals surface area contributed by atoms with Crippen LogP contribution in [0.1, 0.15) is 16.9 Å². The number of hydrogen-bond donors (Lipinski definition) is 0. The molecule has 1 amide bonds. The first-order valence-electron chi connectivity index (χ1n) is 8.03. The quantitative estimate of drug-likeness (QED) is 0.810. The molecular weight excluding hydrogens is 309 g/mol. The summed E-state index contributed by atoms with van der Waals surface area (Å²) in [5.41, 5.74) is 0.516. The van der Waals surface area contributed by atoms with Crippen LogP contribution in [0.25, 0.3) is 11.3 Å². The predicted molar refractivity (Wildman–Crippen MR) is 89.1 cm³/mol. The summed E-state index contributed by atoms with van der Waals surface area (Å²) < 4.78 is 19.0. The van der Waals surface area contributed by atoms with Gasteiger partial charge < -0.3 is 9.42 Å². The molecule has 0 bridgehead atoms. The monoisotopic (exact) mass is 329 g/mol. The first-order valence-corrected chi connectivity index (χ1v) is 8.03. The van der Waals surface area contributed by atoms with Gasteiger partial charge in [-0.1, -0.05) is 23.4 Å². The predicted octanol–water partition coefficient (Wildman–Crippen LogP) is 2.81. The minimum Gasteiger partial charge on any atom is -0.355 e. The molecule has 0 saturated carbocycles. The highest BCUT2D eigenvalue weighted by atomic mass is 19.1. The van der Waals surface area contributed by atoms with Crippen LogP contribution < -0.4 is 0 Å². The smallest absolute Gasteiger partial charge is 0.276 e. The molecule has 2 aromatic rings. The van der Waals surface area contributed by atoms with E-state index in [4.69, 9.17) is 4.52 Å². The number of hydrogen-bond acceptors (Lipinski definition) is 4. The van der Waals surface area contributed by atoms with Crippen molar-refractivity contribution in [2.45, 2.75) is 6.42 Å². The fourth-order valence-electron chi connectivity index (χ4n) is 2.87. The number of rotatable bonds is 4. The minimum absolute atomic E-state index is 0.179. The van der Waals surface area contributed by atoms with E-state index in [1.807, 2.05) is 6.08 Å². The third-order valence-corrected chi connectivity index (χ3v) is 4.13. The van der Waals surface area contributed by atoms with Gasteiger partial charge in [-0.05, 0) is 18.6 Å². The van der Waals surface area contributed by atoms with Gasteiger partial charge in [0, 0.05) is 38.8 Å². The molecule has 0 radical (unpaired) electrons. The van der Waals surface area contributed by atoms with Crippen molar-refractivity contribution in [3.05, 3.63) is 54.5 Å². The van der Waals surface area contributed by atoms with E-state index in [1.165, 1.54) is 12.1 Å². The molecule has 0 aliphatic carbocycles. The summed E-state index contributed by atoms with van der Waals surface area (Å²) in [4.78, 5) is 16.6. The largest absolute Gasteiger partial charge is 0.355 e. The second kappa shape index (κ2) is 7.40. The van der Waals surface area contributed by atoms with Gasteiger partial charge in [-0.25, -0.2) is 4.39 Å². The van der Waals surface area contributed by atoms with Crippen LogP contribution >= 0.6 is 0 Å². The summed E-state index contributed by atoms with van der Waals surface area (Å²) in [6.45, 7) is 7.62. The van der Waals surface area contributed by atoms with Crippen molar-refractivity contribution < 1.29 is 13.7 Å². The van der Waals surface area contributed by atoms with Gasteiger partial charge in [0.15, 0.2) is 11.5 Å². The molecule has 1 saturated heterocycles. The average molecular weight is 329 g/mol. The van der Waals surface area contributed by atoms with Gasteiger partial charge in [0.1, 0.15) is 5.82 Å². The van der Waals surface area contributed by atoms with Gasteiger partial charge in [0.25, 0.3) is 5.91 Å². The van der Waals surface area contributed by atoms with Gasteiger partial charge >= 0.3 is 0 Å². The number of benzene rings is 1. The Morgan fingerprint density at radius 3 is 2.92 bits per heavy atom. The maximum atomic E-state index is 13.8. The second-order valence-electron chi connectivity index (χ2n) is 5.79. The molecule has 1 aliphatic heterocycles. The number of carbonyl (C=O) groups excluding carboxylic acids is 1. The standard InChI is InChI=1S/C18H20FN3O2/c1-2-8-21-9-5-10-22(12-11-21)18(23)16-13-17(24-20-16)14-6-3-4-7-15(14)19/h2-4,6-7,13H,1,5,8-12H2. The van der Waals surface area contributed by atoms with Crippen LogP contribution in [-0.2, 0) is 0 Å². The van der Waals surface area contributed by atoms with Gasteiger partial charge in [-0.2, -0.15) is 0 Å². The van der Waals surface area contributed by atoms with Crippen LogP contribution in [0.4, 0.5) is 4.39 Å². The molecule has 6 heteroatoms. The zero-order chi connectivity index (χ0) is 16.9. The summed E-state index contributed by atoms with van der Waals surface area (Å²) in [7, 11) is 0. The van der Waals surface area contributed by atoms with Crippen LogP contribution in [0.2, 0.25) is 0 Å². The lowest BCUT2D eigenvalue weighted by Gasteiger charge is -2.20. The molecule has 24 heavy (non-hydrogen) atoms. The molecule has 0 unspecified atom stereocenters. The highest BCUT2D eigenvalue weighted by Gasteiger charge is 2.23. The summed E-state index contributed by atoms with van der Waals surface area (Å²) in [5.74, 6) is -0.316. The molecule has 1 aromatic heterocycles. The Kier molecular flexibility index (Phi) is 5.05. The first kappa shape index (κ1) is 16.4. The van der Waals surface area contributed by atoms with Crippen LogP contribution in [0.3, 0.4) is 0 Å². The van der Waals surface area contributed by atoms with Crippen molar-refractivity contribution >= 4 is 5.91 Å². The molecule has 0 N–H and O–H groups in total. The number of amides is 1. The van der Waals surface area contributed by atoms with E-state index in [1.54, 1.807) is 23.1 Å².